The van der Waals surface area contributed by atoms with Gasteiger partial charge >= 0.3 is 5.97 Å². The molecule has 1 saturated heterocycles. The molecule has 1 heterocycles. The Kier molecular flexibility index (Phi) is 2.50. The molecule has 1 atom stereocenters. The Morgan fingerprint density at radius 2 is 2.31 bits per heavy atom. The number of hydrogen-bond donors (Lipinski definition) is 2. The summed E-state index contributed by atoms with van der Waals surface area (Å²) in [5.74, 6) is -1.78. The number of carboxylic acid groups (broad SMARTS) is 1. The normalized spacial score (nSPS) is 22.8. The number of amides is 2. The topological polar surface area (TPSA) is 86.7 Å². The lowest BCUT2D eigenvalue weighted by atomic mass is 10.1. The monoisotopic (exact) mass is 186 g/mol. The van der Waals surface area contributed by atoms with E-state index >= 15 is 0 Å². The molecule has 0 aromatic rings. The number of carboxylic acids is 1. The van der Waals surface area contributed by atoms with E-state index in [0.717, 1.165) is 4.90 Å². The van der Waals surface area contributed by atoms with E-state index in [9.17, 15) is 14.4 Å². The number of rotatable bonds is 2. The minimum Gasteiger partial charge on any atom is -0.481 e. The molecule has 1 rings (SSSR count). The summed E-state index contributed by atoms with van der Waals surface area (Å²) in [5.41, 5.74) is 0. The maximum Gasteiger partial charge on any atom is 0.305 e. The summed E-state index contributed by atoms with van der Waals surface area (Å²) in [6, 6.07) is -0.876. The Labute approximate surface area is 74.5 Å². The zero-order valence-corrected chi connectivity index (χ0v) is 7.11. The zero-order chi connectivity index (χ0) is 10.0. The summed E-state index contributed by atoms with van der Waals surface area (Å²) in [5, 5.41) is 10.8. The summed E-state index contributed by atoms with van der Waals surface area (Å²) in [4.78, 5) is 33.7. The largest absolute Gasteiger partial charge is 0.481 e. The summed E-state index contributed by atoms with van der Waals surface area (Å²) in [6.07, 6.45) is -0.353. The third-order valence-corrected chi connectivity index (χ3v) is 1.95. The molecule has 0 aliphatic carbocycles. The van der Waals surface area contributed by atoms with Crippen molar-refractivity contribution in [1.82, 2.24) is 10.2 Å². The van der Waals surface area contributed by atoms with E-state index in [-0.39, 0.29) is 18.9 Å². The summed E-state index contributed by atoms with van der Waals surface area (Å²) >= 11 is 0. The van der Waals surface area contributed by atoms with E-state index in [0.29, 0.717) is 0 Å². The zero-order valence-electron chi connectivity index (χ0n) is 7.11. The maximum atomic E-state index is 11.1. The Balaban J connectivity index is 2.72. The molecule has 0 bridgehead atoms. The van der Waals surface area contributed by atoms with Crippen molar-refractivity contribution in [2.75, 3.05) is 13.6 Å². The van der Waals surface area contributed by atoms with Gasteiger partial charge in [0.25, 0.3) is 0 Å². The smallest absolute Gasteiger partial charge is 0.305 e. The predicted octanol–water partition coefficient (Wildman–Crippen LogP) is -1.58. The van der Waals surface area contributed by atoms with Crippen LogP contribution in [0.1, 0.15) is 6.42 Å². The van der Waals surface area contributed by atoms with Gasteiger partial charge in [-0.3, -0.25) is 14.4 Å². The molecule has 6 nitrogen and oxygen atoms in total. The Hall–Kier alpha value is -1.59. The third kappa shape index (κ3) is 1.95. The van der Waals surface area contributed by atoms with Gasteiger partial charge in [0.2, 0.25) is 11.8 Å². The highest BCUT2D eigenvalue weighted by atomic mass is 16.4. The minimum atomic E-state index is -1.10. The van der Waals surface area contributed by atoms with Gasteiger partial charge in [-0.15, -0.1) is 0 Å². The molecular weight excluding hydrogens is 176 g/mol. The van der Waals surface area contributed by atoms with Gasteiger partial charge in [-0.1, -0.05) is 0 Å². The highest BCUT2D eigenvalue weighted by Crippen LogP contribution is 2.06. The van der Waals surface area contributed by atoms with Crippen molar-refractivity contribution in [1.29, 1.82) is 0 Å². The van der Waals surface area contributed by atoms with Crippen molar-refractivity contribution in [2.24, 2.45) is 0 Å². The van der Waals surface area contributed by atoms with E-state index in [1.807, 2.05) is 0 Å². The molecule has 1 aliphatic rings. The molecule has 13 heavy (non-hydrogen) atoms. The van der Waals surface area contributed by atoms with Crippen LogP contribution in [0.2, 0.25) is 0 Å². The maximum absolute atomic E-state index is 11.1. The summed E-state index contributed by atoms with van der Waals surface area (Å²) in [6.45, 7) is -0.0501. The number of likely N-dealkylation sites (N-methyl/N-ethyl adjacent to an activating group) is 1. The second-order valence-corrected chi connectivity index (χ2v) is 2.84. The van der Waals surface area contributed by atoms with Crippen molar-refractivity contribution in [3.05, 3.63) is 0 Å². The quantitative estimate of drug-likeness (QED) is 0.544. The highest BCUT2D eigenvalue weighted by Gasteiger charge is 2.33. The number of nitrogens with one attached hydrogen (secondary N) is 1. The molecule has 0 radical (unpaired) electrons. The lowest BCUT2D eigenvalue weighted by Gasteiger charge is -2.30. The Morgan fingerprint density at radius 3 is 2.85 bits per heavy atom. The van der Waals surface area contributed by atoms with Crippen molar-refractivity contribution < 1.29 is 19.5 Å². The molecular formula is C7H10N2O4. The van der Waals surface area contributed by atoms with Gasteiger partial charge < -0.3 is 15.3 Å². The Bertz CT molecular complexity index is 263. The Morgan fingerprint density at radius 1 is 1.69 bits per heavy atom. The van der Waals surface area contributed by atoms with Crippen molar-refractivity contribution in [3.63, 3.8) is 0 Å². The number of carbonyl (C=O) groups is 3. The first-order chi connectivity index (χ1) is 6.02. The molecule has 0 unspecified atom stereocenters. The molecule has 2 N–H and O–H groups in total. The molecule has 6 heteroatoms. The summed E-state index contributed by atoms with van der Waals surface area (Å²) in [7, 11) is 1.43. The molecule has 0 spiro atoms. The van der Waals surface area contributed by atoms with Crippen LogP contribution in [0.5, 0.6) is 0 Å². The van der Waals surface area contributed by atoms with Gasteiger partial charge in [0.1, 0.15) is 6.04 Å². The fourth-order valence-corrected chi connectivity index (χ4v) is 1.15. The van der Waals surface area contributed by atoms with Crippen LogP contribution < -0.4 is 5.32 Å². The first-order valence-electron chi connectivity index (χ1n) is 3.77. The van der Waals surface area contributed by atoms with Crippen molar-refractivity contribution in [3.8, 4) is 0 Å². The number of piperazine rings is 1. The van der Waals surface area contributed by atoms with Crippen LogP contribution in [0.4, 0.5) is 0 Å². The minimum absolute atomic E-state index is 0.0501. The predicted molar refractivity (Wildman–Crippen MR) is 41.8 cm³/mol. The van der Waals surface area contributed by atoms with Crippen LogP contribution >= 0.6 is 0 Å². The first kappa shape index (κ1) is 9.50. The molecule has 0 aromatic carbocycles. The van der Waals surface area contributed by atoms with Gasteiger partial charge in [0.15, 0.2) is 0 Å². The van der Waals surface area contributed by atoms with Crippen molar-refractivity contribution >= 4 is 17.8 Å². The fraction of sp³-hybridized carbons (Fsp3) is 0.571. The second-order valence-electron chi connectivity index (χ2n) is 2.84. The molecule has 0 aromatic heterocycles. The summed E-state index contributed by atoms with van der Waals surface area (Å²) < 4.78 is 0. The molecule has 1 fully saturated rings. The first-order valence-corrected chi connectivity index (χ1v) is 3.77. The van der Waals surface area contributed by atoms with Crippen LogP contribution in [-0.4, -0.2) is 47.4 Å². The number of aliphatic carboxylic acids is 1. The van der Waals surface area contributed by atoms with Gasteiger partial charge in [-0.2, -0.15) is 0 Å². The van der Waals surface area contributed by atoms with E-state index in [1.165, 1.54) is 7.05 Å². The van der Waals surface area contributed by atoms with Crippen LogP contribution in [0.15, 0.2) is 0 Å². The molecule has 2 amide bonds. The third-order valence-electron chi connectivity index (χ3n) is 1.95. The van der Waals surface area contributed by atoms with Crippen LogP contribution in [0.3, 0.4) is 0 Å². The SMILES string of the molecule is CN1C(=O)CNC(=O)[C@@H]1CC(=O)O. The molecule has 1 aliphatic heterocycles. The van der Waals surface area contributed by atoms with Gasteiger partial charge in [-0.25, -0.2) is 0 Å². The molecule has 72 valence electrons. The van der Waals surface area contributed by atoms with Gasteiger partial charge in [0, 0.05) is 7.05 Å². The lowest BCUT2D eigenvalue weighted by molar-refractivity contribution is -0.148. The number of hydrogen-bond acceptors (Lipinski definition) is 3. The fourth-order valence-electron chi connectivity index (χ4n) is 1.15. The average Bonchev–Trinajstić information content (AvgIpc) is 2.05. The van der Waals surface area contributed by atoms with E-state index in [4.69, 9.17) is 5.11 Å². The lowest BCUT2D eigenvalue weighted by Crippen LogP contribution is -2.57. The second kappa shape index (κ2) is 3.42. The van der Waals surface area contributed by atoms with E-state index in [2.05, 4.69) is 5.32 Å². The average molecular weight is 186 g/mol. The van der Waals surface area contributed by atoms with Gasteiger partial charge in [0.05, 0.1) is 13.0 Å². The van der Waals surface area contributed by atoms with E-state index in [1.54, 1.807) is 0 Å². The highest BCUT2D eigenvalue weighted by molar-refractivity contribution is 5.96. The molecule has 0 saturated carbocycles. The van der Waals surface area contributed by atoms with Crippen LogP contribution in [0, 0.1) is 0 Å². The van der Waals surface area contributed by atoms with E-state index < -0.39 is 17.9 Å². The van der Waals surface area contributed by atoms with Crippen molar-refractivity contribution in [2.45, 2.75) is 12.5 Å². The van der Waals surface area contributed by atoms with Gasteiger partial charge in [-0.05, 0) is 0 Å². The number of nitrogens with zero attached hydrogens (tertiary/aromatic N) is 1. The standard InChI is InChI=1S/C7H10N2O4/c1-9-4(2-6(11)12)7(13)8-3-5(9)10/h4H,2-3H2,1H3,(H,8,13)(H,11,12)/t4-/m0/s1. The van der Waals surface area contributed by atoms with Crippen LogP contribution in [0.25, 0.3) is 0 Å². The van der Waals surface area contributed by atoms with Crippen LogP contribution in [-0.2, 0) is 14.4 Å². The number of carbonyl (C=O) groups excluding carboxylic acids is 2.